The summed E-state index contributed by atoms with van der Waals surface area (Å²) in [5, 5.41) is 1.27. The van der Waals surface area contributed by atoms with Crippen molar-refractivity contribution >= 4 is 23.2 Å². The van der Waals surface area contributed by atoms with E-state index in [0.717, 1.165) is 23.3 Å². The minimum absolute atomic E-state index is 0.389. The monoisotopic (exact) mass is 296 g/mol. The van der Waals surface area contributed by atoms with Crippen molar-refractivity contribution in [2.75, 3.05) is 6.54 Å². The first-order chi connectivity index (χ1) is 9.20. The molecule has 19 heavy (non-hydrogen) atoms. The van der Waals surface area contributed by atoms with Crippen molar-refractivity contribution in [3.05, 3.63) is 57.8 Å². The van der Waals surface area contributed by atoms with E-state index in [1.807, 2.05) is 18.2 Å². The summed E-state index contributed by atoms with van der Waals surface area (Å²) in [5.41, 5.74) is 7.48. The van der Waals surface area contributed by atoms with Crippen LogP contribution in [0.15, 0.2) is 36.7 Å². The number of pyridine rings is 1. The Morgan fingerprint density at radius 3 is 2.74 bits per heavy atom. The molecule has 3 nitrogen and oxygen atoms in total. The molecular weight excluding hydrogens is 283 g/mol. The molecule has 0 aliphatic rings. The Morgan fingerprint density at radius 2 is 2.00 bits per heavy atom. The maximum atomic E-state index is 6.03. The minimum atomic E-state index is 0.389. The molecule has 0 aliphatic carbocycles. The highest BCUT2D eigenvalue weighted by Crippen LogP contribution is 2.25. The Bertz CT molecular complexity index is 561. The fourth-order valence-electron chi connectivity index (χ4n) is 1.72. The van der Waals surface area contributed by atoms with Gasteiger partial charge >= 0.3 is 0 Å². The molecular formula is C14H14Cl2N2O. The molecule has 0 atom stereocenters. The molecule has 5 heteroatoms. The van der Waals surface area contributed by atoms with Gasteiger partial charge in [-0.05, 0) is 42.8 Å². The smallest absolute Gasteiger partial charge is 0.123 e. The number of ether oxygens (including phenoxy) is 1. The van der Waals surface area contributed by atoms with Crippen LogP contribution >= 0.6 is 23.2 Å². The normalized spacial score (nSPS) is 10.5. The fraction of sp³-hybridized carbons (Fsp3) is 0.214. The summed E-state index contributed by atoms with van der Waals surface area (Å²) in [6, 6.07) is 7.35. The molecule has 2 rings (SSSR count). The lowest BCUT2D eigenvalue weighted by Gasteiger charge is -2.12. The summed E-state index contributed by atoms with van der Waals surface area (Å²) in [4.78, 5) is 3.94. The highest BCUT2D eigenvalue weighted by Gasteiger charge is 2.06. The molecule has 0 unspecified atom stereocenters. The number of hydrogen-bond donors (Lipinski definition) is 1. The van der Waals surface area contributed by atoms with Crippen molar-refractivity contribution in [2.24, 2.45) is 5.73 Å². The summed E-state index contributed by atoms with van der Waals surface area (Å²) >= 11 is 12.0. The topological polar surface area (TPSA) is 48.1 Å². The van der Waals surface area contributed by atoms with Crippen LogP contribution in [0.4, 0.5) is 0 Å². The molecule has 2 N–H and O–H groups in total. The van der Waals surface area contributed by atoms with Crippen molar-refractivity contribution in [3.63, 3.8) is 0 Å². The molecule has 0 saturated carbocycles. The Morgan fingerprint density at radius 1 is 1.16 bits per heavy atom. The second kappa shape index (κ2) is 6.75. The van der Waals surface area contributed by atoms with Gasteiger partial charge in [0.2, 0.25) is 0 Å². The van der Waals surface area contributed by atoms with Gasteiger partial charge in [-0.15, -0.1) is 0 Å². The van der Waals surface area contributed by atoms with Crippen LogP contribution in [0.2, 0.25) is 10.0 Å². The number of hydrogen-bond acceptors (Lipinski definition) is 3. The quantitative estimate of drug-likeness (QED) is 0.919. The van der Waals surface area contributed by atoms with Crippen LogP contribution in [0.25, 0.3) is 0 Å². The van der Waals surface area contributed by atoms with Crippen molar-refractivity contribution in [1.82, 2.24) is 4.98 Å². The average molecular weight is 297 g/mol. The molecule has 0 saturated heterocycles. The van der Waals surface area contributed by atoms with Gasteiger partial charge in [0, 0.05) is 23.0 Å². The van der Waals surface area contributed by atoms with Gasteiger partial charge in [0.05, 0.1) is 5.02 Å². The fourth-order valence-corrected chi connectivity index (χ4v) is 2.08. The van der Waals surface area contributed by atoms with Gasteiger partial charge in [-0.3, -0.25) is 4.98 Å². The molecule has 0 fully saturated rings. The Hall–Kier alpha value is -1.29. The first-order valence-electron chi connectivity index (χ1n) is 5.90. The second-order valence-corrected chi connectivity index (χ2v) is 4.89. The third-order valence-corrected chi connectivity index (χ3v) is 3.25. The Kier molecular flexibility index (Phi) is 5.02. The summed E-state index contributed by atoms with van der Waals surface area (Å²) in [5.74, 6) is 0.780. The van der Waals surface area contributed by atoms with E-state index in [2.05, 4.69) is 4.98 Å². The van der Waals surface area contributed by atoms with Crippen LogP contribution in [-0.2, 0) is 13.0 Å². The first-order valence-corrected chi connectivity index (χ1v) is 6.66. The van der Waals surface area contributed by atoms with Crippen LogP contribution in [0.5, 0.6) is 5.75 Å². The Labute approximate surface area is 122 Å². The van der Waals surface area contributed by atoms with Crippen molar-refractivity contribution < 1.29 is 4.74 Å². The van der Waals surface area contributed by atoms with Gasteiger partial charge in [0.25, 0.3) is 0 Å². The van der Waals surface area contributed by atoms with Crippen LogP contribution in [-0.4, -0.2) is 11.5 Å². The largest absolute Gasteiger partial charge is 0.489 e. The van der Waals surface area contributed by atoms with E-state index >= 15 is 0 Å². The van der Waals surface area contributed by atoms with Crippen LogP contribution in [0.1, 0.15) is 11.1 Å². The molecule has 0 amide bonds. The van der Waals surface area contributed by atoms with Gasteiger partial charge in [0.15, 0.2) is 0 Å². The summed E-state index contributed by atoms with van der Waals surface area (Å²) in [7, 11) is 0. The van der Waals surface area contributed by atoms with E-state index in [1.54, 1.807) is 18.5 Å². The lowest BCUT2D eigenvalue weighted by molar-refractivity contribution is 0.303. The standard InChI is InChI=1S/C14H14Cl2N2O/c15-12-1-2-14(10(7-12)3-5-17)19-9-11-4-6-18-8-13(11)16/h1-2,4,6-8H,3,5,9,17H2. The molecule has 100 valence electrons. The van der Waals surface area contributed by atoms with Gasteiger partial charge < -0.3 is 10.5 Å². The molecule has 1 heterocycles. The van der Waals surface area contributed by atoms with Crippen molar-refractivity contribution in [2.45, 2.75) is 13.0 Å². The average Bonchev–Trinajstić information content (AvgIpc) is 2.40. The van der Waals surface area contributed by atoms with Gasteiger partial charge in [-0.1, -0.05) is 23.2 Å². The first kappa shape index (κ1) is 14.1. The van der Waals surface area contributed by atoms with Crippen molar-refractivity contribution in [3.8, 4) is 5.75 Å². The molecule has 1 aromatic carbocycles. The molecule has 0 aliphatic heterocycles. The van der Waals surface area contributed by atoms with Gasteiger partial charge in [0.1, 0.15) is 12.4 Å². The Balaban J connectivity index is 2.13. The number of nitrogens with two attached hydrogens (primary N) is 1. The van der Waals surface area contributed by atoms with E-state index in [0.29, 0.717) is 23.2 Å². The second-order valence-electron chi connectivity index (χ2n) is 4.05. The minimum Gasteiger partial charge on any atom is -0.489 e. The maximum Gasteiger partial charge on any atom is 0.123 e. The number of halogens is 2. The lowest BCUT2D eigenvalue weighted by atomic mass is 10.1. The third-order valence-electron chi connectivity index (χ3n) is 2.68. The number of rotatable bonds is 5. The van der Waals surface area contributed by atoms with Crippen molar-refractivity contribution in [1.29, 1.82) is 0 Å². The zero-order valence-electron chi connectivity index (χ0n) is 10.3. The lowest BCUT2D eigenvalue weighted by Crippen LogP contribution is -2.05. The highest BCUT2D eigenvalue weighted by atomic mass is 35.5. The predicted molar refractivity (Wildman–Crippen MR) is 77.8 cm³/mol. The van der Waals surface area contributed by atoms with E-state index in [-0.39, 0.29) is 0 Å². The SMILES string of the molecule is NCCc1cc(Cl)ccc1OCc1ccncc1Cl. The van der Waals surface area contributed by atoms with Gasteiger partial charge in [-0.25, -0.2) is 0 Å². The molecule has 0 spiro atoms. The molecule has 2 aromatic rings. The number of benzene rings is 1. The number of nitrogens with zero attached hydrogens (tertiary/aromatic N) is 1. The van der Waals surface area contributed by atoms with E-state index in [1.165, 1.54) is 0 Å². The maximum absolute atomic E-state index is 6.03. The zero-order valence-corrected chi connectivity index (χ0v) is 11.8. The van der Waals surface area contributed by atoms with Crippen LogP contribution in [0, 0.1) is 0 Å². The third kappa shape index (κ3) is 3.83. The predicted octanol–water partition coefficient (Wildman–Crippen LogP) is 3.47. The van der Waals surface area contributed by atoms with Crippen LogP contribution in [0.3, 0.4) is 0 Å². The summed E-state index contributed by atoms with van der Waals surface area (Å²) < 4.78 is 5.79. The van der Waals surface area contributed by atoms with Gasteiger partial charge in [-0.2, -0.15) is 0 Å². The molecule has 0 bridgehead atoms. The van der Waals surface area contributed by atoms with E-state index in [9.17, 15) is 0 Å². The van der Waals surface area contributed by atoms with E-state index < -0.39 is 0 Å². The highest BCUT2D eigenvalue weighted by molar-refractivity contribution is 6.31. The van der Waals surface area contributed by atoms with Crippen LogP contribution < -0.4 is 10.5 Å². The number of aromatic nitrogens is 1. The summed E-state index contributed by atoms with van der Waals surface area (Å²) in [6.07, 6.45) is 4.01. The zero-order chi connectivity index (χ0) is 13.7. The van der Waals surface area contributed by atoms with E-state index in [4.69, 9.17) is 33.7 Å². The summed E-state index contributed by atoms with van der Waals surface area (Å²) in [6.45, 7) is 0.938. The molecule has 0 radical (unpaired) electrons. The molecule has 1 aromatic heterocycles.